The van der Waals surface area contributed by atoms with Crippen LogP contribution in [0, 0.1) is 17.1 Å². The van der Waals surface area contributed by atoms with Crippen LogP contribution in [-0.2, 0) is 0 Å². The van der Waals surface area contributed by atoms with E-state index in [9.17, 15) is 9.18 Å². The maximum atomic E-state index is 13.2. The zero-order chi connectivity index (χ0) is 10.7. The lowest BCUT2D eigenvalue weighted by Gasteiger charge is -2.03. The monoisotopic (exact) mass is 212 g/mol. The molecule has 0 saturated heterocycles. The van der Waals surface area contributed by atoms with Crippen molar-refractivity contribution < 1.29 is 9.18 Å². The number of rotatable bonds is 2. The summed E-state index contributed by atoms with van der Waals surface area (Å²) >= 11 is 5.27. The molecular weight excluding hydrogens is 207 g/mol. The van der Waals surface area contributed by atoms with Crippen molar-refractivity contribution in [2.45, 2.75) is 0 Å². The van der Waals surface area contributed by atoms with Crippen LogP contribution in [-0.4, -0.2) is 11.7 Å². The molecule has 1 aromatic carbocycles. The predicted octanol–water partition coefficient (Wildman–Crippen LogP) is 1.70. The van der Waals surface area contributed by atoms with Gasteiger partial charge in [-0.2, -0.15) is 5.26 Å². The summed E-state index contributed by atoms with van der Waals surface area (Å²) < 4.78 is 13.2. The van der Waals surface area contributed by atoms with Gasteiger partial charge in [0, 0.05) is 5.69 Å². The molecule has 0 aliphatic rings. The molecule has 5 heteroatoms. The first-order valence-electron chi connectivity index (χ1n) is 3.68. The van der Waals surface area contributed by atoms with Crippen LogP contribution in [0.2, 0.25) is 0 Å². The van der Waals surface area contributed by atoms with E-state index in [0.29, 0.717) is 0 Å². The highest BCUT2D eigenvalue weighted by atomic mass is 35.5. The number of Topliss-reactive ketones (excluding diaryl/α,β-unsaturated/α-hetero) is 1. The quantitative estimate of drug-likeness (QED) is 0.461. The lowest BCUT2D eigenvalue weighted by molar-refractivity contribution is 0.101. The number of nitriles is 1. The summed E-state index contributed by atoms with van der Waals surface area (Å²) in [6.45, 7) is 0. The molecule has 1 rings (SSSR count). The summed E-state index contributed by atoms with van der Waals surface area (Å²) in [5.74, 6) is -1.80. The molecule has 0 saturated carbocycles. The summed E-state index contributed by atoms with van der Waals surface area (Å²) in [4.78, 5) is 11.2. The Balaban J connectivity index is 3.42. The van der Waals surface area contributed by atoms with Crippen LogP contribution in [0.25, 0.3) is 0 Å². The molecule has 2 N–H and O–H groups in total. The summed E-state index contributed by atoms with van der Waals surface area (Å²) in [5.41, 5.74) is 5.03. The molecule has 0 unspecified atom stereocenters. The molecule has 0 atom stereocenters. The number of nitrogens with two attached hydrogens (primary N) is 1. The van der Waals surface area contributed by atoms with Crippen molar-refractivity contribution in [1.82, 2.24) is 0 Å². The molecule has 0 spiro atoms. The SMILES string of the molecule is N#Cc1cc(N)cc(F)c1C(=O)CCl. The van der Waals surface area contributed by atoms with Crippen molar-refractivity contribution in [3.8, 4) is 6.07 Å². The molecule has 0 radical (unpaired) electrons. The fourth-order valence-electron chi connectivity index (χ4n) is 1.07. The average Bonchev–Trinajstić information content (AvgIpc) is 2.15. The van der Waals surface area contributed by atoms with Crippen molar-refractivity contribution >= 4 is 23.1 Å². The first-order valence-corrected chi connectivity index (χ1v) is 4.22. The Hall–Kier alpha value is -1.60. The van der Waals surface area contributed by atoms with Crippen LogP contribution < -0.4 is 5.73 Å². The van der Waals surface area contributed by atoms with E-state index in [4.69, 9.17) is 22.6 Å². The Bertz CT molecular complexity index is 426. The van der Waals surface area contributed by atoms with Crippen LogP contribution in [0.15, 0.2) is 12.1 Å². The summed E-state index contributed by atoms with van der Waals surface area (Å²) in [5, 5.41) is 8.64. The number of nitrogen functional groups attached to an aromatic ring is 1. The van der Waals surface area contributed by atoms with Crippen molar-refractivity contribution in [2.75, 3.05) is 11.6 Å². The maximum Gasteiger partial charge on any atom is 0.181 e. The zero-order valence-corrected chi connectivity index (χ0v) is 7.81. The van der Waals surface area contributed by atoms with Gasteiger partial charge in [0.05, 0.1) is 17.0 Å². The second-order valence-corrected chi connectivity index (χ2v) is 2.86. The van der Waals surface area contributed by atoms with Crippen molar-refractivity contribution in [3.05, 3.63) is 29.1 Å². The number of anilines is 1. The number of hydrogen-bond donors (Lipinski definition) is 1. The Morgan fingerprint density at radius 1 is 1.64 bits per heavy atom. The van der Waals surface area contributed by atoms with Gasteiger partial charge in [0.1, 0.15) is 11.9 Å². The third-order valence-corrected chi connectivity index (χ3v) is 1.88. The van der Waals surface area contributed by atoms with E-state index in [1.54, 1.807) is 6.07 Å². The van der Waals surface area contributed by atoms with E-state index < -0.39 is 11.6 Å². The van der Waals surface area contributed by atoms with Gasteiger partial charge in [-0.1, -0.05) is 0 Å². The fraction of sp³-hybridized carbons (Fsp3) is 0.111. The van der Waals surface area contributed by atoms with Crippen molar-refractivity contribution in [2.24, 2.45) is 0 Å². The van der Waals surface area contributed by atoms with E-state index in [2.05, 4.69) is 0 Å². The minimum Gasteiger partial charge on any atom is -0.399 e. The van der Waals surface area contributed by atoms with Gasteiger partial charge in [-0.25, -0.2) is 4.39 Å². The first-order chi connectivity index (χ1) is 6.60. The summed E-state index contributed by atoms with van der Waals surface area (Å²) in [6, 6.07) is 3.92. The fourth-order valence-corrected chi connectivity index (χ4v) is 1.20. The molecule has 0 bridgehead atoms. The largest absolute Gasteiger partial charge is 0.399 e. The van der Waals surface area contributed by atoms with Crippen LogP contribution >= 0.6 is 11.6 Å². The molecule has 0 fully saturated rings. The smallest absolute Gasteiger partial charge is 0.181 e. The topological polar surface area (TPSA) is 66.9 Å². The third-order valence-electron chi connectivity index (χ3n) is 1.63. The average molecular weight is 213 g/mol. The Morgan fingerprint density at radius 3 is 2.79 bits per heavy atom. The summed E-state index contributed by atoms with van der Waals surface area (Å²) in [6.07, 6.45) is 0. The van der Waals surface area contributed by atoms with Gasteiger partial charge >= 0.3 is 0 Å². The number of carbonyl (C=O) groups excluding carboxylic acids is 1. The van der Waals surface area contributed by atoms with Gasteiger partial charge in [-0.15, -0.1) is 11.6 Å². The lowest BCUT2D eigenvalue weighted by atomic mass is 10.0. The third kappa shape index (κ3) is 1.83. The van der Waals surface area contributed by atoms with Crippen LogP contribution in [0.3, 0.4) is 0 Å². The van der Waals surface area contributed by atoms with E-state index in [1.165, 1.54) is 6.07 Å². The van der Waals surface area contributed by atoms with Gasteiger partial charge in [-0.05, 0) is 12.1 Å². The van der Waals surface area contributed by atoms with Gasteiger partial charge < -0.3 is 5.73 Å². The highest BCUT2D eigenvalue weighted by molar-refractivity contribution is 6.30. The highest BCUT2D eigenvalue weighted by Crippen LogP contribution is 2.18. The molecule has 14 heavy (non-hydrogen) atoms. The van der Waals surface area contributed by atoms with Crippen LogP contribution in [0.4, 0.5) is 10.1 Å². The van der Waals surface area contributed by atoms with Gasteiger partial charge in [-0.3, -0.25) is 4.79 Å². The number of halogens is 2. The number of nitrogens with zero attached hydrogens (tertiary/aromatic N) is 1. The predicted molar refractivity (Wildman–Crippen MR) is 50.6 cm³/mol. The number of hydrogen-bond acceptors (Lipinski definition) is 3. The molecule has 0 aliphatic heterocycles. The zero-order valence-electron chi connectivity index (χ0n) is 7.05. The van der Waals surface area contributed by atoms with Gasteiger partial charge in [0.15, 0.2) is 5.78 Å². The molecule has 0 amide bonds. The Kier molecular flexibility index (Phi) is 3.05. The van der Waals surface area contributed by atoms with E-state index in [-0.39, 0.29) is 22.7 Å². The molecule has 0 aliphatic carbocycles. The number of carbonyl (C=O) groups is 1. The van der Waals surface area contributed by atoms with Crippen LogP contribution in [0.5, 0.6) is 0 Å². The van der Waals surface area contributed by atoms with E-state index in [1.807, 2.05) is 0 Å². The molecular formula is C9H6ClFN2O. The van der Waals surface area contributed by atoms with E-state index in [0.717, 1.165) is 6.07 Å². The maximum absolute atomic E-state index is 13.2. The second kappa shape index (κ2) is 4.07. The first kappa shape index (κ1) is 10.5. The Labute approximate surface area is 84.9 Å². The Morgan fingerprint density at radius 2 is 2.29 bits per heavy atom. The number of alkyl halides is 1. The molecule has 0 aromatic heterocycles. The van der Waals surface area contributed by atoms with Crippen molar-refractivity contribution in [3.63, 3.8) is 0 Å². The molecule has 72 valence electrons. The molecule has 1 aromatic rings. The molecule has 3 nitrogen and oxygen atoms in total. The lowest BCUT2D eigenvalue weighted by Crippen LogP contribution is -2.07. The van der Waals surface area contributed by atoms with Gasteiger partial charge in [0.2, 0.25) is 0 Å². The second-order valence-electron chi connectivity index (χ2n) is 2.59. The standard InChI is InChI=1S/C9H6ClFN2O/c10-3-8(14)9-5(4-12)1-6(13)2-7(9)11/h1-2H,3,13H2. The van der Waals surface area contributed by atoms with Crippen molar-refractivity contribution in [1.29, 1.82) is 5.26 Å². The number of benzene rings is 1. The number of ketones is 1. The normalized spacial score (nSPS) is 9.50. The van der Waals surface area contributed by atoms with E-state index >= 15 is 0 Å². The summed E-state index contributed by atoms with van der Waals surface area (Å²) in [7, 11) is 0. The minimum atomic E-state index is -0.813. The van der Waals surface area contributed by atoms with Gasteiger partial charge in [0.25, 0.3) is 0 Å². The minimum absolute atomic E-state index is 0.0897. The molecule has 0 heterocycles. The highest BCUT2D eigenvalue weighted by Gasteiger charge is 2.16. The van der Waals surface area contributed by atoms with Crippen LogP contribution in [0.1, 0.15) is 15.9 Å².